The number of H-pyrrole nitrogens is 1. The summed E-state index contributed by atoms with van der Waals surface area (Å²) in [6, 6.07) is 11.1. The first-order valence-electron chi connectivity index (χ1n) is 8.04. The van der Waals surface area contributed by atoms with Crippen LogP contribution >= 0.6 is 0 Å². The molecule has 0 radical (unpaired) electrons. The Morgan fingerprint density at radius 3 is 2.88 bits per heavy atom. The maximum Gasteiger partial charge on any atom is 0.261 e. The molecular weight excluding hydrogens is 318 g/mol. The minimum atomic E-state index is -0.396. The number of carbonyl (C=O) groups excluding carboxylic acids is 1. The smallest absolute Gasteiger partial charge is 0.261 e. The van der Waals surface area contributed by atoms with E-state index in [2.05, 4.69) is 20.4 Å². The number of carbonyl (C=O) groups is 1. The lowest BCUT2D eigenvalue weighted by Crippen LogP contribution is -2.30. The predicted molar refractivity (Wildman–Crippen MR) is 94.2 cm³/mol. The Bertz CT molecular complexity index is 915. The maximum absolute atomic E-state index is 12.2. The molecule has 2 heterocycles. The first-order valence-corrected chi connectivity index (χ1v) is 8.04. The van der Waals surface area contributed by atoms with Gasteiger partial charge in [0.25, 0.3) is 11.5 Å². The first kappa shape index (κ1) is 16.6. The molecule has 0 atom stereocenters. The van der Waals surface area contributed by atoms with Crippen LogP contribution in [0.4, 0.5) is 0 Å². The Morgan fingerprint density at radius 2 is 2.16 bits per heavy atom. The molecule has 0 fully saturated rings. The van der Waals surface area contributed by atoms with E-state index in [0.29, 0.717) is 25.2 Å². The summed E-state index contributed by atoms with van der Waals surface area (Å²) in [5.74, 6) is -0.379. The molecule has 0 saturated heterocycles. The van der Waals surface area contributed by atoms with E-state index in [-0.39, 0.29) is 11.5 Å². The van der Waals surface area contributed by atoms with E-state index >= 15 is 0 Å². The molecule has 0 aliphatic rings. The molecule has 0 saturated carbocycles. The molecule has 0 aliphatic heterocycles. The minimum absolute atomic E-state index is 0.108. The van der Waals surface area contributed by atoms with Gasteiger partial charge in [-0.3, -0.25) is 14.3 Å². The molecule has 2 aromatic heterocycles. The third-order valence-corrected chi connectivity index (χ3v) is 3.80. The average Bonchev–Trinajstić information content (AvgIpc) is 3.12. The van der Waals surface area contributed by atoms with Gasteiger partial charge < -0.3 is 10.3 Å². The van der Waals surface area contributed by atoms with Gasteiger partial charge in [0.2, 0.25) is 0 Å². The zero-order valence-electron chi connectivity index (χ0n) is 13.9. The van der Waals surface area contributed by atoms with Crippen molar-refractivity contribution in [3.8, 4) is 11.3 Å². The van der Waals surface area contributed by atoms with Crippen LogP contribution in [-0.2, 0) is 6.54 Å². The molecule has 1 aromatic carbocycles. The second kappa shape index (κ2) is 7.57. The van der Waals surface area contributed by atoms with Crippen molar-refractivity contribution in [3.05, 3.63) is 70.5 Å². The van der Waals surface area contributed by atoms with E-state index in [4.69, 9.17) is 0 Å². The minimum Gasteiger partial charge on any atom is -0.352 e. The average molecular weight is 337 g/mol. The zero-order valence-corrected chi connectivity index (χ0v) is 13.9. The number of pyridine rings is 1. The number of hydrogen-bond donors (Lipinski definition) is 2. The molecule has 3 aromatic rings. The normalized spacial score (nSPS) is 10.6. The van der Waals surface area contributed by atoms with Crippen LogP contribution in [-0.4, -0.2) is 32.2 Å². The second-order valence-corrected chi connectivity index (χ2v) is 5.75. The van der Waals surface area contributed by atoms with Gasteiger partial charge in [-0.2, -0.15) is 5.10 Å². The SMILES string of the molecule is Cc1cccc(-c2ccc(C(=O)NCCCn3cncn3)c(=O)[nH]2)c1. The number of aromatic amines is 1. The summed E-state index contributed by atoms with van der Waals surface area (Å²) in [5.41, 5.74) is 2.42. The van der Waals surface area contributed by atoms with Gasteiger partial charge in [-0.1, -0.05) is 23.8 Å². The van der Waals surface area contributed by atoms with Crippen LogP contribution in [0.5, 0.6) is 0 Å². The van der Waals surface area contributed by atoms with E-state index < -0.39 is 5.56 Å². The van der Waals surface area contributed by atoms with E-state index in [0.717, 1.165) is 11.1 Å². The number of rotatable bonds is 6. The first-order chi connectivity index (χ1) is 12.1. The fraction of sp³-hybridized carbons (Fsp3) is 0.222. The standard InChI is InChI=1S/C18H19N5O2/c1-13-4-2-5-14(10-13)16-7-6-15(18(25)22-16)17(24)20-8-3-9-23-12-19-11-21-23/h2,4-7,10-12H,3,8-9H2,1H3,(H,20,24)(H,22,25). The Labute approximate surface area is 144 Å². The summed E-state index contributed by atoms with van der Waals surface area (Å²) in [7, 11) is 0. The van der Waals surface area contributed by atoms with Crippen LogP contribution in [0.1, 0.15) is 22.3 Å². The number of benzene rings is 1. The summed E-state index contributed by atoms with van der Waals surface area (Å²) in [5, 5.41) is 6.74. The summed E-state index contributed by atoms with van der Waals surface area (Å²) < 4.78 is 1.69. The Morgan fingerprint density at radius 1 is 1.28 bits per heavy atom. The van der Waals surface area contributed by atoms with Crippen molar-refractivity contribution in [3.63, 3.8) is 0 Å². The van der Waals surface area contributed by atoms with Crippen LogP contribution in [0.15, 0.2) is 53.8 Å². The van der Waals surface area contributed by atoms with Crippen molar-refractivity contribution in [1.82, 2.24) is 25.1 Å². The molecule has 0 bridgehead atoms. The Kier molecular flexibility index (Phi) is 5.03. The quantitative estimate of drug-likeness (QED) is 0.670. The summed E-state index contributed by atoms with van der Waals surface area (Å²) in [6.45, 7) is 3.10. The van der Waals surface area contributed by atoms with E-state index in [1.54, 1.807) is 23.1 Å². The van der Waals surface area contributed by atoms with Gasteiger partial charge in [-0.25, -0.2) is 4.98 Å². The predicted octanol–water partition coefficient (Wildman–Crippen LogP) is 1.76. The van der Waals surface area contributed by atoms with Crippen LogP contribution < -0.4 is 10.9 Å². The summed E-state index contributed by atoms with van der Waals surface area (Å²) in [6.07, 6.45) is 3.79. The van der Waals surface area contributed by atoms with E-state index in [1.807, 2.05) is 31.2 Å². The molecule has 0 spiro atoms. The van der Waals surface area contributed by atoms with Gasteiger partial charge in [0.1, 0.15) is 18.2 Å². The molecule has 0 aliphatic carbocycles. The number of aryl methyl sites for hydroxylation is 2. The molecule has 0 unspecified atom stereocenters. The van der Waals surface area contributed by atoms with E-state index in [9.17, 15) is 9.59 Å². The molecule has 2 N–H and O–H groups in total. The van der Waals surface area contributed by atoms with Crippen molar-refractivity contribution in [2.24, 2.45) is 0 Å². The van der Waals surface area contributed by atoms with Gasteiger partial charge in [0, 0.05) is 18.8 Å². The van der Waals surface area contributed by atoms with Crippen molar-refractivity contribution >= 4 is 5.91 Å². The number of hydrogen-bond acceptors (Lipinski definition) is 4. The van der Waals surface area contributed by atoms with E-state index in [1.165, 1.54) is 6.33 Å². The number of amides is 1. The van der Waals surface area contributed by atoms with Crippen LogP contribution in [0.3, 0.4) is 0 Å². The van der Waals surface area contributed by atoms with Crippen molar-refractivity contribution < 1.29 is 4.79 Å². The van der Waals surface area contributed by atoms with Gasteiger partial charge >= 0.3 is 0 Å². The highest BCUT2D eigenvalue weighted by Crippen LogP contribution is 2.16. The lowest BCUT2D eigenvalue weighted by atomic mass is 10.1. The number of nitrogens with one attached hydrogen (secondary N) is 2. The largest absolute Gasteiger partial charge is 0.352 e. The van der Waals surface area contributed by atoms with Gasteiger partial charge in [0.15, 0.2) is 0 Å². The van der Waals surface area contributed by atoms with Gasteiger partial charge in [-0.15, -0.1) is 0 Å². The van der Waals surface area contributed by atoms with Crippen LogP contribution in [0, 0.1) is 6.92 Å². The molecule has 7 nitrogen and oxygen atoms in total. The van der Waals surface area contributed by atoms with Crippen molar-refractivity contribution in [2.75, 3.05) is 6.54 Å². The Hall–Kier alpha value is -3.22. The summed E-state index contributed by atoms with van der Waals surface area (Å²) >= 11 is 0. The van der Waals surface area contributed by atoms with Gasteiger partial charge in [0.05, 0.1) is 0 Å². The highest BCUT2D eigenvalue weighted by molar-refractivity contribution is 5.94. The topological polar surface area (TPSA) is 92.7 Å². The molecule has 3 rings (SSSR count). The third-order valence-electron chi connectivity index (χ3n) is 3.80. The lowest BCUT2D eigenvalue weighted by Gasteiger charge is -2.07. The van der Waals surface area contributed by atoms with Gasteiger partial charge in [-0.05, 0) is 37.1 Å². The third kappa shape index (κ3) is 4.20. The fourth-order valence-electron chi connectivity index (χ4n) is 2.52. The highest BCUT2D eigenvalue weighted by atomic mass is 16.2. The monoisotopic (exact) mass is 337 g/mol. The number of aromatic nitrogens is 4. The van der Waals surface area contributed by atoms with Crippen LogP contribution in [0.25, 0.3) is 11.3 Å². The molecule has 25 heavy (non-hydrogen) atoms. The summed E-state index contributed by atoms with van der Waals surface area (Å²) in [4.78, 5) is 31.0. The highest BCUT2D eigenvalue weighted by Gasteiger charge is 2.11. The van der Waals surface area contributed by atoms with Crippen molar-refractivity contribution in [1.29, 1.82) is 0 Å². The van der Waals surface area contributed by atoms with Crippen LogP contribution in [0.2, 0.25) is 0 Å². The second-order valence-electron chi connectivity index (χ2n) is 5.75. The zero-order chi connectivity index (χ0) is 17.6. The molecule has 7 heteroatoms. The molecule has 1 amide bonds. The Balaban J connectivity index is 1.62. The fourth-order valence-corrected chi connectivity index (χ4v) is 2.52. The maximum atomic E-state index is 12.2. The number of nitrogens with zero attached hydrogens (tertiary/aromatic N) is 3. The molecular formula is C18H19N5O2. The lowest BCUT2D eigenvalue weighted by molar-refractivity contribution is 0.0951. The molecule has 128 valence electrons. The van der Waals surface area contributed by atoms with Crippen molar-refractivity contribution in [2.45, 2.75) is 19.9 Å².